The molecule has 2 fully saturated rings. The van der Waals surface area contributed by atoms with Crippen LogP contribution in [0.5, 0.6) is 0 Å². The first kappa shape index (κ1) is 16.8. The second-order valence-electron chi connectivity index (χ2n) is 7.73. The Morgan fingerprint density at radius 1 is 1.25 bits per heavy atom. The Morgan fingerprint density at radius 2 is 2.04 bits per heavy atom. The number of amides is 2. The number of imidazole rings is 1. The summed E-state index contributed by atoms with van der Waals surface area (Å²) in [5.41, 5.74) is 1.56. The molecule has 0 aliphatic carbocycles. The van der Waals surface area contributed by atoms with Crippen molar-refractivity contribution < 1.29 is 4.79 Å². The predicted molar refractivity (Wildman–Crippen MR) is 100 cm³/mol. The molecule has 2 N–H and O–H groups in total. The van der Waals surface area contributed by atoms with Gasteiger partial charge in [-0.2, -0.15) is 5.26 Å². The minimum Gasteiger partial charge on any atom is -0.345 e. The number of piperidine rings is 1. The van der Waals surface area contributed by atoms with Crippen molar-refractivity contribution in [2.24, 2.45) is 11.8 Å². The summed E-state index contributed by atoms with van der Waals surface area (Å²) in [5.74, 6) is 0.159. The SMILES string of the molecule is C[C@@H]1CCN(C(=O)N2CC(C#N)C2)C[C@@H]1n1c(=O)[nH]c2nnc3[nH]ccc3c21. The van der Waals surface area contributed by atoms with E-state index in [9.17, 15) is 9.59 Å². The van der Waals surface area contributed by atoms with E-state index in [1.165, 1.54) is 0 Å². The van der Waals surface area contributed by atoms with Gasteiger partial charge in [0.05, 0.1) is 18.0 Å². The van der Waals surface area contributed by atoms with Gasteiger partial charge < -0.3 is 14.8 Å². The van der Waals surface area contributed by atoms with Crippen molar-refractivity contribution in [2.75, 3.05) is 26.2 Å². The van der Waals surface area contributed by atoms with E-state index in [1.807, 2.05) is 6.07 Å². The zero-order valence-electron chi connectivity index (χ0n) is 15.4. The molecule has 0 spiro atoms. The highest BCUT2D eigenvalue weighted by Crippen LogP contribution is 2.32. The van der Waals surface area contributed by atoms with Gasteiger partial charge in [0.2, 0.25) is 0 Å². The molecule has 2 atom stereocenters. The zero-order valence-corrected chi connectivity index (χ0v) is 15.4. The van der Waals surface area contributed by atoms with Crippen molar-refractivity contribution in [1.82, 2.24) is 34.5 Å². The minimum absolute atomic E-state index is 0.0529. The number of H-pyrrole nitrogens is 2. The van der Waals surface area contributed by atoms with Crippen LogP contribution < -0.4 is 5.69 Å². The van der Waals surface area contributed by atoms with Crippen LogP contribution in [-0.2, 0) is 0 Å². The predicted octanol–water partition coefficient (Wildman–Crippen LogP) is 1.06. The molecule has 2 aliphatic rings. The number of aromatic amines is 2. The molecule has 2 saturated heterocycles. The molecular formula is C18H20N8O2. The summed E-state index contributed by atoms with van der Waals surface area (Å²) in [6.07, 6.45) is 2.58. The van der Waals surface area contributed by atoms with Crippen LogP contribution >= 0.6 is 0 Å². The summed E-state index contributed by atoms with van der Waals surface area (Å²) in [4.78, 5) is 34.9. The monoisotopic (exact) mass is 380 g/mol. The molecule has 0 saturated carbocycles. The molecule has 28 heavy (non-hydrogen) atoms. The standard InChI is InChI=1S/C18H20N8O2/c1-10-3-5-24(18(28)25-7-11(6-19)8-25)9-13(10)26-14-12-2-4-20-15(12)22-23-16(14)21-17(26)27/h2,4,10-11,13H,3,5,7-9H2,1H3,(H,20,22)(H,21,23,27)/t10-,13+/m1/s1. The van der Waals surface area contributed by atoms with Crippen LogP contribution in [0.3, 0.4) is 0 Å². The maximum atomic E-state index is 12.8. The lowest BCUT2D eigenvalue weighted by atomic mass is 9.93. The second kappa shape index (κ2) is 6.09. The summed E-state index contributed by atoms with van der Waals surface area (Å²) in [6, 6.07) is 3.86. The highest BCUT2D eigenvalue weighted by atomic mass is 16.2. The fourth-order valence-electron chi connectivity index (χ4n) is 4.29. The van der Waals surface area contributed by atoms with Gasteiger partial charge in [-0.05, 0) is 18.4 Å². The summed E-state index contributed by atoms with van der Waals surface area (Å²) < 4.78 is 1.73. The Labute approximate surface area is 159 Å². The number of hydrogen-bond donors (Lipinski definition) is 2. The summed E-state index contributed by atoms with van der Waals surface area (Å²) in [6.45, 7) is 4.18. The lowest BCUT2D eigenvalue weighted by molar-refractivity contribution is 0.0819. The van der Waals surface area contributed by atoms with Gasteiger partial charge in [-0.25, -0.2) is 9.59 Å². The maximum Gasteiger partial charge on any atom is 0.328 e. The van der Waals surface area contributed by atoms with Gasteiger partial charge in [-0.3, -0.25) is 9.55 Å². The van der Waals surface area contributed by atoms with E-state index in [1.54, 1.807) is 20.6 Å². The Balaban J connectivity index is 1.51. The van der Waals surface area contributed by atoms with Gasteiger partial charge in [-0.15, -0.1) is 10.2 Å². The molecule has 5 heterocycles. The zero-order chi connectivity index (χ0) is 19.4. The van der Waals surface area contributed by atoms with Crippen LogP contribution in [0.1, 0.15) is 19.4 Å². The third kappa shape index (κ3) is 2.39. The van der Waals surface area contributed by atoms with E-state index in [-0.39, 0.29) is 29.6 Å². The van der Waals surface area contributed by atoms with Gasteiger partial charge in [0.15, 0.2) is 11.3 Å². The Hall–Kier alpha value is -3.35. The number of fused-ring (bicyclic) bond motifs is 3. The quantitative estimate of drug-likeness (QED) is 0.653. The lowest BCUT2D eigenvalue weighted by Gasteiger charge is -2.43. The number of hydrogen-bond acceptors (Lipinski definition) is 5. The van der Waals surface area contributed by atoms with Crippen molar-refractivity contribution >= 4 is 28.2 Å². The van der Waals surface area contributed by atoms with Gasteiger partial charge in [0, 0.05) is 37.8 Å². The van der Waals surface area contributed by atoms with Gasteiger partial charge in [-0.1, -0.05) is 6.92 Å². The van der Waals surface area contributed by atoms with Crippen LogP contribution in [0.15, 0.2) is 17.1 Å². The summed E-state index contributed by atoms with van der Waals surface area (Å²) >= 11 is 0. The van der Waals surface area contributed by atoms with Crippen molar-refractivity contribution in [3.8, 4) is 6.07 Å². The lowest BCUT2D eigenvalue weighted by Crippen LogP contribution is -2.57. The number of carbonyl (C=O) groups is 1. The molecule has 0 bridgehead atoms. The number of urea groups is 1. The molecule has 10 nitrogen and oxygen atoms in total. The first-order valence-electron chi connectivity index (χ1n) is 9.44. The average Bonchev–Trinajstić information content (AvgIpc) is 3.24. The molecular weight excluding hydrogens is 360 g/mol. The third-order valence-electron chi connectivity index (χ3n) is 6.00. The highest BCUT2D eigenvalue weighted by molar-refractivity contribution is 5.99. The second-order valence-corrected chi connectivity index (χ2v) is 7.73. The molecule has 0 aromatic carbocycles. The molecule has 10 heteroatoms. The van der Waals surface area contributed by atoms with Gasteiger partial charge in [0.25, 0.3) is 0 Å². The van der Waals surface area contributed by atoms with Crippen molar-refractivity contribution in [2.45, 2.75) is 19.4 Å². The van der Waals surface area contributed by atoms with Crippen LogP contribution in [-0.4, -0.2) is 66.7 Å². The number of nitrogens with one attached hydrogen (secondary N) is 2. The molecule has 5 rings (SSSR count). The highest BCUT2D eigenvalue weighted by Gasteiger charge is 2.38. The number of aromatic nitrogens is 5. The number of nitrogens with zero attached hydrogens (tertiary/aromatic N) is 6. The molecule has 2 aliphatic heterocycles. The molecule has 0 unspecified atom stereocenters. The smallest absolute Gasteiger partial charge is 0.328 e. The van der Waals surface area contributed by atoms with E-state index < -0.39 is 0 Å². The Morgan fingerprint density at radius 3 is 2.82 bits per heavy atom. The molecule has 3 aromatic rings. The fraction of sp³-hybridized carbons (Fsp3) is 0.500. The van der Waals surface area contributed by atoms with Gasteiger partial charge >= 0.3 is 11.7 Å². The van der Waals surface area contributed by atoms with Crippen LogP contribution in [0.25, 0.3) is 22.2 Å². The van der Waals surface area contributed by atoms with E-state index in [2.05, 4.69) is 33.2 Å². The Kier molecular flexibility index (Phi) is 3.65. The molecule has 0 radical (unpaired) electrons. The maximum absolute atomic E-state index is 12.8. The number of nitriles is 1. The first-order chi connectivity index (χ1) is 13.6. The molecule has 144 valence electrons. The van der Waals surface area contributed by atoms with E-state index in [0.29, 0.717) is 37.5 Å². The van der Waals surface area contributed by atoms with Gasteiger partial charge in [0.1, 0.15) is 5.52 Å². The number of rotatable bonds is 1. The van der Waals surface area contributed by atoms with E-state index in [0.717, 1.165) is 17.3 Å². The Bertz CT molecular complexity index is 1160. The number of likely N-dealkylation sites (tertiary alicyclic amines) is 2. The van der Waals surface area contributed by atoms with E-state index >= 15 is 0 Å². The van der Waals surface area contributed by atoms with E-state index in [4.69, 9.17) is 5.26 Å². The largest absolute Gasteiger partial charge is 0.345 e. The van der Waals surface area contributed by atoms with Crippen LogP contribution in [0.2, 0.25) is 0 Å². The van der Waals surface area contributed by atoms with Crippen molar-refractivity contribution in [1.29, 1.82) is 5.26 Å². The first-order valence-corrected chi connectivity index (χ1v) is 9.44. The summed E-state index contributed by atoms with van der Waals surface area (Å²) in [7, 11) is 0. The normalized spacial score (nSPS) is 23.1. The topological polar surface area (TPSA) is 127 Å². The number of carbonyl (C=O) groups excluding carboxylic acids is 1. The third-order valence-corrected chi connectivity index (χ3v) is 6.00. The van der Waals surface area contributed by atoms with Crippen molar-refractivity contribution in [3.05, 3.63) is 22.7 Å². The minimum atomic E-state index is -0.238. The fourth-order valence-corrected chi connectivity index (χ4v) is 4.29. The van der Waals surface area contributed by atoms with Crippen molar-refractivity contribution in [3.63, 3.8) is 0 Å². The average molecular weight is 380 g/mol. The van der Waals surface area contributed by atoms with Crippen LogP contribution in [0.4, 0.5) is 4.79 Å². The van der Waals surface area contributed by atoms with Crippen LogP contribution in [0, 0.1) is 23.2 Å². The molecule has 3 aromatic heterocycles. The molecule has 2 amide bonds. The summed E-state index contributed by atoms with van der Waals surface area (Å²) in [5, 5.41) is 18.0.